The van der Waals surface area contributed by atoms with Crippen LogP contribution in [0.2, 0.25) is 5.02 Å². The molecule has 1 aromatic heterocycles. The first-order valence-corrected chi connectivity index (χ1v) is 7.10. The zero-order valence-electron chi connectivity index (χ0n) is 8.58. The molecule has 0 radical (unpaired) electrons. The number of halogens is 2. The Bertz CT molecular complexity index is 473. The van der Waals surface area contributed by atoms with E-state index in [9.17, 15) is 0 Å². The summed E-state index contributed by atoms with van der Waals surface area (Å²) in [4.78, 5) is 5.27. The van der Waals surface area contributed by atoms with Gasteiger partial charge in [-0.3, -0.25) is 4.98 Å². The van der Waals surface area contributed by atoms with Crippen LogP contribution in [0.15, 0.2) is 29.9 Å². The van der Waals surface area contributed by atoms with Gasteiger partial charge in [-0.15, -0.1) is 11.3 Å². The summed E-state index contributed by atoms with van der Waals surface area (Å²) in [5.74, 6) is 0. The Morgan fingerprint density at radius 3 is 2.94 bits per heavy atom. The van der Waals surface area contributed by atoms with Crippen LogP contribution in [0.3, 0.4) is 0 Å². The quantitative estimate of drug-likeness (QED) is 0.807. The minimum Gasteiger partial charge on any atom is -0.376 e. The van der Waals surface area contributed by atoms with Crippen molar-refractivity contribution in [3.8, 4) is 0 Å². The fourth-order valence-corrected chi connectivity index (χ4v) is 2.89. The molecule has 0 saturated heterocycles. The van der Waals surface area contributed by atoms with Crippen LogP contribution in [0.4, 0.5) is 5.69 Å². The van der Waals surface area contributed by atoms with Gasteiger partial charge < -0.3 is 5.32 Å². The summed E-state index contributed by atoms with van der Waals surface area (Å²) < 4.78 is 1.14. The Hall–Kier alpha value is -0.330. The molecule has 0 bridgehead atoms. The third-order valence-corrected chi connectivity index (χ3v) is 4.12. The normalized spacial score (nSPS) is 12.4. The summed E-state index contributed by atoms with van der Waals surface area (Å²) >= 11 is 10.0. The molecular weight excluding hydrogens is 355 g/mol. The van der Waals surface area contributed by atoms with Crippen molar-refractivity contribution in [2.75, 3.05) is 5.32 Å². The second-order valence-corrected chi connectivity index (χ2v) is 5.96. The lowest BCUT2D eigenvalue weighted by atomic mass is 10.2. The molecule has 2 nitrogen and oxygen atoms in total. The van der Waals surface area contributed by atoms with Gasteiger partial charge in [0.2, 0.25) is 0 Å². The molecule has 0 aliphatic rings. The van der Waals surface area contributed by atoms with Crippen LogP contribution in [0.25, 0.3) is 0 Å². The Balaban J connectivity index is 2.15. The van der Waals surface area contributed by atoms with Crippen LogP contribution in [-0.2, 0) is 0 Å². The highest BCUT2D eigenvalue weighted by atomic mass is 127. The monoisotopic (exact) mass is 364 g/mol. The molecule has 1 unspecified atom stereocenters. The van der Waals surface area contributed by atoms with E-state index in [1.54, 1.807) is 11.3 Å². The van der Waals surface area contributed by atoms with Crippen molar-refractivity contribution in [2.24, 2.45) is 0 Å². The van der Waals surface area contributed by atoms with Gasteiger partial charge in [0.15, 0.2) is 0 Å². The molecule has 2 rings (SSSR count). The first kappa shape index (κ1) is 12.1. The average molecular weight is 365 g/mol. The molecule has 1 aromatic carbocycles. The van der Waals surface area contributed by atoms with E-state index < -0.39 is 0 Å². The Kier molecular flexibility index (Phi) is 4.05. The Morgan fingerprint density at radius 2 is 2.31 bits per heavy atom. The van der Waals surface area contributed by atoms with Crippen LogP contribution in [0, 0.1) is 3.57 Å². The van der Waals surface area contributed by atoms with Crippen LogP contribution < -0.4 is 5.32 Å². The molecule has 1 heterocycles. The molecule has 0 amide bonds. The third-order valence-electron chi connectivity index (χ3n) is 2.18. The van der Waals surface area contributed by atoms with E-state index in [1.165, 1.54) is 4.88 Å². The number of hydrogen-bond donors (Lipinski definition) is 1. The number of rotatable bonds is 3. The molecule has 1 N–H and O–H groups in total. The summed E-state index contributed by atoms with van der Waals surface area (Å²) in [7, 11) is 0. The molecular formula is C11H10ClIN2S. The molecule has 2 aromatic rings. The van der Waals surface area contributed by atoms with Crippen LogP contribution in [-0.4, -0.2) is 4.98 Å². The van der Waals surface area contributed by atoms with Crippen LogP contribution >= 0.6 is 45.5 Å². The number of nitrogens with one attached hydrogen (secondary N) is 1. The minimum absolute atomic E-state index is 0.227. The van der Waals surface area contributed by atoms with Crippen molar-refractivity contribution < 1.29 is 0 Å². The van der Waals surface area contributed by atoms with E-state index >= 15 is 0 Å². The number of anilines is 1. The first-order chi connectivity index (χ1) is 7.66. The van der Waals surface area contributed by atoms with Crippen molar-refractivity contribution in [2.45, 2.75) is 13.0 Å². The molecule has 0 fully saturated rings. The van der Waals surface area contributed by atoms with Crippen molar-refractivity contribution >= 4 is 51.2 Å². The van der Waals surface area contributed by atoms with Crippen LogP contribution in [0.5, 0.6) is 0 Å². The second-order valence-electron chi connectivity index (χ2n) is 3.39. The van der Waals surface area contributed by atoms with Gasteiger partial charge in [-0.05, 0) is 47.7 Å². The van der Waals surface area contributed by atoms with E-state index in [2.05, 4.69) is 39.8 Å². The smallest absolute Gasteiger partial charge is 0.0795 e. The average Bonchev–Trinajstić information content (AvgIpc) is 2.75. The molecule has 1 atom stereocenters. The van der Waals surface area contributed by atoms with E-state index in [0.29, 0.717) is 0 Å². The Morgan fingerprint density at radius 1 is 1.50 bits per heavy atom. The van der Waals surface area contributed by atoms with Crippen molar-refractivity contribution in [1.82, 2.24) is 4.98 Å². The molecule has 16 heavy (non-hydrogen) atoms. The lowest BCUT2D eigenvalue weighted by molar-refractivity contribution is 0.903. The van der Waals surface area contributed by atoms with E-state index in [4.69, 9.17) is 11.6 Å². The SMILES string of the molecule is CC(Nc1ccc(I)cc1Cl)c1cncs1. The van der Waals surface area contributed by atoms with Crippen LogP contribution in [0.1, 0.15) is 17.8 Å². The molecule has 0 saturated carbocycles. The fourth-order valence-electron chi connectivity index (χ4n) is 1.35. The zero-order valence-corrected chi connectivity index (χ0v) is 12.3. The van der Waals surface area contributed by atoms with Crippen molar-refractivity contribution in [3.05, 3.63) is 43.4 Å². The third kappa shape index (κ3) is 2.87. The maximum Gasteiger partial charge on any atom is 0.0795 e. The van der Waals surface area contributed by atoms with Gasteiger partial charge in [0.05, 0.1) is 22.3 Å². The summed E-state index contributed by atoms with van der Waals surface area (Å²) in [5, 5.41) is 4.13. The highest BCUT2D eigenvalue weighted by Gasteiger charge is 2.08. The van der Waals surface area contributed by atoms with E-state index in [-0.39, 0.29) is 6.04 Å². The number of nitrogens with zero attached hydrogens (tertiary/aromatic N) is 1. The van der Waals surface area contributed by atoms with Gasteiger partial charge in [0.1, 0.15) is 0 Å². The summed E-state index contributed by atoms with van der Waals surface area (Å²) in [6, 6.07) is 6.21. The van der Waals surface area contributed by atoms with Gasteiger partial charge in [0.25, 0.3) is 0 Å². The minimum atomic E-state index is 0.227. The first-order valence-electron chi connectivity index (χ1n) is 4.77. The lowest BCUT2D eigenvalue weighted by Gasteiger charge is -2.14. The summed E-state index contributed by atoms with van der Waals surface area (Å²) in [6.45, 7) is 2.10. The lowest BCUT2D eigenvalue weighted by Crippen LogP contribution is -2.05. The van der Waals surface area contributed by atoms with Gasteiger partial charge in [-0.2, -0.15) is 0 Å². The maximum atomic E-state index is 6.16. The predicted octanol–water partition coefficient (Wildman–Crippen LogP) is 4.57. The van der Waals surface area contributed by atoms with Gasteiger partial charge >= 0.3 is 0 Å². The second kappa shape index (κ2) is 5.33. The number of thiazole rings is 1. The molecule has 0 aliphatic heterocycles. The van der Waals surface area contributed by atoms with E-state index in [1.807, 2.05) is 29.9 Å². The topological polar surface area (TPSA) is 24.9 Å². The fraction of sp³-hybridized carbons (Fsp3) is 0.182. The number of hydrogen-bond acceptors (Lipinski definition) is 3. The number of benzene rings is 1. The van der Waals surface area contributed by atoms with Gasteiger partial charge in [-0.25, -0.2) is 0 Å². The molecule has 0 aliphatic carbocycles. The largest absolute Gasteiger partial charge is 0.376 e. The number of aromatic nitrogens is 1. The maximum absolute atomic E-state index is 6.16. The highest BCUT2D eigenvalue weighted by molar-refractivity contribution is 14.1. The molecule has 5 heteroatoms. The van der Waals surface area contributed by atoms with Gasteiger partial charge in [0, 0.05) is 14.6 Å². The standard InChI is InChI=1S/C11H10ClIN2S/c1-7(11-5-14-6-16-11)15-10-3-2-8(13)4-9(10)12/h2-7,15H,1H3. The predicted molar refractivity (Wildman–Crippen MR) is 78.3 cm³/mol. The highest BCUT2D eigenvalue weighted by Crippen LogP contribution is 2.28. The van der Waals surface area contributed by atoms with Crippen molar-refractivity contribution in [1.29, 1.82) is 0 Å². The summed E-state index contributed by atoms with van der Waals surface area (Å²) in [6.07, 6.45) is 1.88. The van der Waals surface area contributed by atoms with Gasteiger partial charge in [-0.1, -0.05) is 11.6 Å². The van der Waals surface area contributed by atoms with Crippen molar-refractivity contribution in [3.63, 3.8) is 0 Å². The molecule has 84 valence electrons. The zero-order chi connectivity index (χ0) is 11.5. The van der Waals surface area contributed by atoms with E-state index in [0.717, 1.165) is 14.3 Å². The Labute approximate surface area is 117 Å². The molecule has 0 spiro atoms. The summed E-state index contributed by atoms with van der Waals surface area (Å²) in [5.41, 5.74) is 2.80.